The Hall–Kier alpha value is 0.370. The Kier molecular flexibility index (Phi) is 14.5. The van der Waals surface area contributed by atoms with Crippen LogP contribution < -0.4 is 0 Å². The predicted molar refractivity (Wildman–Crippen MR) is 21.2 cm³/mol. The summed E-state index contributed by atoms with van der Waals surface area (Å²) in [4.78, 5) is 3.31. The predicted octanol–water partition coefficient (Wildman–Crippen LogP) is -1.15. The van der Waals surface area contributed by atoms with E-state index in [-0.39, 0.29) is 40.8 Å². The van der Waals surface area contributed by atoms with Gasteiger partial charge in [-0.2, -0.15) is 0 Å². The Bertz CT molecular complexity index is 76.7. The monoisotopic (exact) mass is 226 g/mol. The van der Waals surface area contributed by atoms with Crippen molar-refractivity contribution in [2.75, 3.05) is 0 Å². The third-order valence-corrected chi connectivity index (χ3v) is 0.326. The quantitative estimate of drug-likeness (QED) is 0.489. The van der Waals surface area contributed by atoms with Crippen LogP contribution in [0.25, 0.3) is 0 Å². The molecule has 2 nitrogen and oxygen atoms in total. The molecule has 0 spiro atoms. The van der Waals surface area contributed by atoms with Crippen LogP contribution in [0.1, 0.15) is 0 Å². The average molecular weight is 226 g/mol. The number of nitriles is 2. The fourth-order valence-electron chi connectivity index (χ4n) is 0.0177. The van der Waals surface area contributed by atoms with E-state index >= 15 is 0 Å². The zero-order valence-corrected chi connectivity index (χ0v) is 3.35. The molecule has 0 aromatic heterocycles. The number of hydrogen-bond acceptors (Lipinski definition) is 2. The normalized spacial score (nSPS) is 4.33. The Balaban J connectivity index is 0. The minimum absolute atomic E-state index is 0. The summed E-state index contributed by atoms with van der Waals surface area (Å²) in [6.45, 7) is 0. The summed E-state index contributed by atoms with van der Waals surface area (Å²) in [5.74, 6) is 0. The molecule has 0 rings (SSSR count). The molecular formula is C2H3FeInN2. The Morgan fingerprint density at radius 3 is 1.50 bits per heavy atom. The van der Waals surface area contributed by atoms with Crippen molar-refractivity contribution < 1.29 is 15.0 Å². The first-order chi connectivity index (χ1) is 2.41. The van der Waals surface area contributed by atoms with Crippen LogP contribution in [0.5, 0.6) is 0 Å². The Morgan fingerprint density at radius 1 is 1.17 bits per heavy atom. The van der Waals surface area contributed by atoms with E-state index in [0.29, 0.717) is 0 Å². The van der Waals surface area contributed by atoms with E-state index in [0.717, 1.165) is 0 Å². The molecule has 0 aliphatic rings. The first kappa shape index (κ1) is 9.62. The van der Waals surface area contributed by atoms with Gasteiger partial charge in [0.1, 0.15) is 0 Å². The van der Waals surface area contributed by atoms with Crippen molar-refractivity contribution in [1.29, 1.82) is 10.5 Å². The number of hydrogen-bond donors (Lipinski definition) is 0. The van der Waals surface area contributed by atoms with Crippen LogP contribution in [-0.2, 0) is 15.0 Å². The molecule has 0 aromatic carbocycles. The molecule has 0 unspecified atom stereocenters. The molecular weight excluding hydrogens is 223 g/mol. The van der Waals surface area contributed by atoms with Crippen molar-refractivity contribution in [1.82, 2.24) is 0 Å². The maximum atomic E-state index is 7.59. The molecule has 0 amide bonds. The van der Waals surface area contributed by atoms with Crippen molar-refractivity contribution in [2.24, 2.45) is 0 Å². The van der Waals surface area contributed by atoms with E-state index in [4.69, 9.17) is 10.5 Å². The van der Waals surface area contributed by atoms with Gasteiger partial charge < -0.3 is 0 Å². The van der Waals surface area contributed by atoms with Gasteiger partial charge in [-0.1, -0.05) is 0 Å². The standard InChI is InChI=1S/2CN.Fe.In.3H/c2*1-2;;;;;. The van der Waals surface area contributed by atoms with Crippen molar-refractivity contribution >= 4 is 25.8 Å². The second kappa shape index (κ2) is 9.03. The van der Waals surface area contributed by atoms with E-state index in [9.17, 15) is 0 Å². The molecule has 4 heteroatoms. The van der Waals surface area contributed by atoms with Crippen molar-refractivity contribution in [3.05, 3.63) is 0 Å². The SMILES string of the molecule is N#[C][Fe][C]#N.[InH3]. The minimum atomic E-state index is 0. The molecule has 0 aliphatic heterocycles. The average Bonchev–Trinajstić information content (AvgIpc) is 1.41. The van der Waals surface area contributed by atoms with Crippen molar-refractivity contribution in [3.8, 4) is 9.94 Å². The van der Waals surface area contributed by atoms with Gasteiger partial charge in [0, 0.05) is 0 Å². The van der Waals surface area contributed by atoms with E-state index in [1.807, 2.05) is 0 Å². The first-order valence-corrected chi connectivity index (χ1v) is 1.90. The summed E-state index contributed by atoms with van der Waals surface area (Å²) >= 11 is 0. The Labute approximate surface area is 61.1 Å². The molecule has 0 radical (unpaired) electrons. The summed E-state index contributed by atoms with van der Waals surface area (Å²) in [6, 6.07) is 0. The molecule has 0 saturated heterocycles. The van der Waals surface area contributed by atoms with Crippen LogP contribution in [-0.4, -0.2) is 25.8 Å². The van der Waals surface area contributed by atoms with Crippen molar-refractivity contribution in [3.63, 3.8) is 0 Å². The van der Waals surface area contributed by atoms with Gasteiger partial charge in [-0.15, -0.1) is 0 Å². The summed E-state index contributed by atoms with van der Waals surface area (Å²) < 4.78 is 0. The Morgan fingerprint density at radius 2 is 1.50 bits per heavy atom. The van der Waals surface area contributed by atoms with E-state index < -0.39 is 0 Å². The number of rotatable bonds is 0. The molecule has 0 atom stereocenters. The molecule has 0 aromatic rings. The first-order valence-electron chi connectivity index (χ1n) is 0.801. The molecule has 0 bridgehead atoms. The molecule has 32 valence electrons. The van der Waals surface area contributed by atoms with Gasteiger partial charge in [0.2, 0.25) is 0 Å². The van der Waals surface area contributed by atoms with Gasteiger partial charge >= 0.3 is 61.3 Å². The number of nitrogens with zero attached hydrogens (tertiary/aromatic N) is 2. The van der Waals surface area contributed by atoms with Gasteiger partial charge in [0.05, 0.1) is 0 Å². The summed E-state index contributed by atoms with van der Waals surface area (Å²) in [5, 5.41) is 15.2. The zero-order valence-electron chi connectivity index (χ0n) is 2.25. The topological polar surface area (TPSA) is 47.6 Å². The third-order valence-electron chi connectivity index (χ3n) is 0.0791. The molecule has 6 heavy (non-hydrogen) atoms. The maximum absolute atomic E-state index is 7.59. The van der Waals surface area contributed by atoms with E-state index in [2.05, 4.69) is 0 Å². The van der Waals surface area contributed by atoms with Gasteiger partial charge in [-0.25, -0.2) is 0 Å². The molecule has 0 heterocycles. The van der Waals surface area contributed by atoms with Crippen LogP contribution in [0.4, 0.5) is 0 Å². The fourth-order valence-corrected chi connectivity index (χ4v) is 0.0729. The third kappa shape index (κ3) is 8.84. The molecule has 0 N–H and O–H groups in total. The summed E-state index contributed by atoms with van der Waals surface area (Å²) in [6.07, 6.45) is 0. The van der Waals surface area contributed by atoms with E-state index in [1.54, 1.807) is 9.94 Å². The summed E-state index contributed by atoms with van der Waals surface area (Å²) in [7, 11) is 0. The summed E-state index contributed by atoms with van der Waals surface area (Å²) in [5.41, 5.74) is 0. The van der Waals surface area contributed by atoms with Gasteiger partial charge in [0.25, 0.3) is 0 Å². The van der Waals surface area contributed by atoms with Gasteiger partial charge in [0.15, 0.2) is 0 Å². The van der Waals surface area contributed by atoms with Crippen LogP contribution >= 0.6 is 0 Å². The molecule has 0 aliphatic carbocycles. The van der Waals surface area contributed by atoms with Crippen LogP contribution in [0, 0.1) is 20.5 Å². The van der Waals surface area contributed by atoms with Crippen LogP contribution in [0.2, 0.25) is 0 Å². The van der Waals surface area contributed by atoms with Gasteiger partial charge in [-0.05, 0) is 0 Å². The van der Waals surface area contributed by atoms with Crippen molar-refractivity contribution in [2.45, 2.75) is 0 Å². The second-order valence-electron chi connectivity index (χ2n) is 0.247. The fraction of sp³-hybridized carbons (Fsp3) is 0. The molecule has 0 saturated carbocycles. The van der Waals surface area contributed by atoms with E-state index in [1.165, 1.54) is 0 Å². The van der Waals surface area contributed by atoms with Crippen LogP contribution in [0.3, 0.4) is 0 Å². The molecule has 0 fully saturated rings. The zero-order chi connectivity index (χ0) is 4.12. The van der Waals surface area contributed by atoms with Crippen LogP contribution in [0.15, 0.2) is 0 Å². The van der Waals surface area contributed by atoms with Gasteiger partial charge in [-0.3, -0.25) is 0 Å². The second-order valence-corrected chi connectivity index (χ2v) is 1.02.